The van der Waals surface area contributed by atoms with Gasteiger partial charge in [-0.3, -0.25) is 0 Å². The summed E-state index contributed by atoms with van der Waals surface area (Å²) >= 11 is 0. The largest absolute Gasteiger partial charge is 0.436 e. The molecule has 0 saturated carbocycles. The first-order chi connectivity index (χ1) is 72.7. The van der Waals surface area contributed by atoms with E-state index in [0.717, 1.165) is 183 Å². The van der Waals surface area contributed by atoms with Gasteiger partial charge in [0, 0.05) is 83.5 Å². The maximum atomic E-state index is 6.54. The molecular weight excluding hydrogens is 1800 g/mol. The predicted molar refractivity (Wildman–Crippen MR) is 595 cm³/mol. The van der Waals surface area contributed by atoms with Crippen LogP contribution < -0.4 is 0 Å². The molecule has 0 aliphatic heterocycles. The Bertz CT molecular complexity index is 9310. The SMILES string of the molecule is C=C/C=C(\C=C)c1nc(-c2ccccc2)nc(-c2ccc(-c3cc(-c4cccc5ccccc45)c4nc(-c5ccccc5)oc4c3)cc2)n1.c1ccc(-c2nc(-c3ccccc3)nc(-c3cccc(-c4cc(-c5cccc6ccccc56)c5nc(-c6ccccc6)oc5c4)c3)n2)cc1.c1ccc(-c2nc(-c3ccccc3)nc(-c3ccccc3-c3cc(-c4cccc5ccccc45)c4nc(-c5ccccc5)oc4c3)n2)cc1. The molecule has 0 atom stereocenters. The highest BCUT2D eigenvalue weighted by Gasteiger charge is 2.26. The molecule has 0 unspecified atom stereocenters. The third-order valence-corrected chi connectivity index (χ3v) is 26.0. The Balaban J connectivity index is 0.000000118. The van der Waals surface area contributed by atoms with Gasteiger partial charge in [0.2, 0.25) is 17.7 Å². The Morgan fingerprint density at radius 2 is 0.435 bits per heavy atom. The molecule has 15 nitrogen and oxygen atoms in total. The number of hydrogen-bond donors (Lipinski definition) is 0. The fourth-order valence-corrected chi connectivity index (χ4v) is 18.8. The summed E-state index contributed by atoms with van der Waals surface area (Å²) in [5.74, 6) is 7.16. The van der Waals surface area contributed by atoms with Crippen LogP contribution in [-0.2, 0) is 0 Å². The molecule has 6 heterocycles. The fraction of sp³-hybridized carbons (Fsp3) is 0. The van der Waals surface area contributed by atoms with Crippen LogP contribution in [-0.4, -0.2) is 59.8 Å². The Hall–Kier alpha value is -20.2. The average Bonchev–Trinajstić information content (AvgIpc) is 1.64. The van der Waals surface area contributed by atoms with Crippen LogP contribution in [0, 0.1) is 0 Å². The van der Waals surface area contributed by atoms with Crippen molar-refractivity contribution in [3.05, 3.63) is 516 Å². The smallest absolute Gasteiger partial charge is 0.227 e. The van der Waals surface area contributed by atoms with Crippen molar-refractivity contribution in [1.82, 2.24) is 59.8 Å². The molecule has 692 valence electrons. The van der Waals surface area contributed by atoms with Crippen molar-refractivity contribution in [1.29, 1.82) is 0 Å². The molecule has 0 amide bonds. The summed E-state index contributed by atoms with van der Waals surface area (Å²) in [7, 11) is 0. The first-order valence-corrected chi connectivity index (χ1v) is 48.5. The zero-order valence-electron chi connectivity index (χ0n) is 79.3. The summed E-state index contributed by atoms with van der Waals surface area (Å²) in [5, 5.41) is 6.98. The average molecular weight is 1890 g/mol. The molecule has 0 bridgehead atoms. The molecule has 20 aromatic carbocycles. The molecule has 15 heteroatoms. The van der Waals surface area contributed by atoms with Crippen LogP contribution in [0.4, 0.5) is 0 Å². The van der Waals surface area contributed by atoms with E-state index in [9.17, 15) is 0 Å². The zero-order chi connectivity index (χ0) is 98.3. The van der Waals surface area contributed by atoms with E-state index in [1.165, 1.54) is 10.8 Å². The Labute approximate surface area is 847 Å². The van der Waals surface area contributed by atoms with Crippen LogP contribution in [0.5, 0.6) is 0 Å². The van der Waals surface area contributed by atoms with Gasteiger partial charge in [-0.15, -0.1) is 0 Å². The second-order valence-corrected chi connectivity index (χ2v) is 35.4. The fourth-order valence-electron chi connectivity index (χ4n) is 18.8. The summed E-state index contributed by atoms with van der Waals surface area (Å²) in [6, 6.07) is 163. The van der Waals surface area contributed by atoms with E-state index in [-0.39, 0.29) is 0 Å². The molecule has 147 heavy (non-hydrogen) atoms. The lowest BCUT2D eigenvalue weighted by Gasteiger charge is -2.14. The van der Waals surface area contributed by atoms with Crippen molar-refractivity contribution in [2.75, 3.05) is 0 Å². The third kappa shape index (κ3) is 18.5. The lowest BCUT2D eigenvalue weighted by Crippen LogP contribution is -2.02. The molecule has 6 aromatic heterocycles. The number of rotatable bonds is 20. The van der Waals surface area contributed by atoms with E-state index in [2.05, 4.69) is 225 Å². The lowest BCUT2D eigenvalue weighted by molar-refractivity contribution is 0.619. The van der Waals surface area contributed by atoms with Crippen LogP contribution in [0.2, 0.25) is 0 Å². The summed E-state index contributed by atoms with van der Waals surface area (Å²) in [6.07, 6.45) is 5.29. The van der Waals surface area contributed by atoms with Crippen LogP contribution >= 0.6 is 0 Å². The van der Waals surface area contributed by atoms with Gasteiger partial charge in [0.15, 0.2) is 69.2 Å². The molecule has 0 saturated heterocycles. The first kappa shape index (κ1) is 89.5. The van der Waals surface area contributed by atoms with E-state index in [1.54, 1.807) is 12.2 Å². The second kappa shape index (κ2) is 40.2. The lowest BCUT2D eigenvalue weighted by atomic mass is 9.92. The van der Waals surface area contributed by atoms with Gasteiger partial charge in [-0.1, -0.05) is 432 Å². The molecule has 0 aliphatic carbocycles. The number of allylic oxidation sites excluding steroid dienone is 4. The number of fused-ring (bicyclic) bond motifs is 6. The maximum Gasteiger partial charge on any atom is 0.227 e. The van der Waals surface area contributed by atoms with Crippen molar-refractivity contribution in [3.63, 3.8) is 0 Å². The number of benzene rings is 20. The predicted octanol–water partition coefficient (Wildman–Crippen LogP) is 33.6. The standard InChI is InChI=1S/2C44H28N4O.C44H30N4O/c1-4-15-30(16-5-1)41-46-42(31-17-6-2-7-18-31)48-43(47-41)34-23-12-22-33(26-34)35-27-38(37-25-13-21-29-14-10-11-24-36(29)37)40-39(28-35)49-44(45-40)32-19-8-3-9-20-32;1-4-16-30(17-5-1)41-46-42(31-18-6-2-7-19-31)48-43(47-41)37-25-13-12-24-35(37)33-27-38(36-26-14-22-29-15-10-11-23-34(29)36)40-39(28-33)49-44(45-40)32-20-8-3-9-21-32;1-3-14-29(4-2)41-46-42(32-16-7-5-8-17-32)48-43(47-41)33-25-23-30(24-26-33)35-27-38(37-22-13-20-31-15-11-12-21-36(31)37)40-39(28-35)49-44(45-40)34-18-9-6-10-19-34/h2*1-28H;3-28H,1-2H2/b;;29-14+. The van der Waals surface area contributed by atoms with Crippen molar-refractivity contribution >= 4 is 71.2 Å². The van der Waals surface area contributed by atoms with Gasteiger partial charge < -0.3 is 13.3 Å². The number of hydrogen-bond acceptors (Lipinski definition) is 15. The zero-order valence-corrected chi connectivity index (χ0v) is 79.3. The van der Waals surface area contributed by atoms with Gasteiger partial charge in [-0.2, -0.15) is 0 Å². The van der Waals surface area contributed by atoms with Crippen molar-refractivity contribution in [2.45, 2.75) is 0 Å². The minimum Gasteiger partial charge on any atom is -0.436 e. The molecule has 0 radical (unpaired) electrons. The number of nitrogens with zero attached hydrogens (tertiary/aromatic N) is 12. The van der Waals surface area contributed by atoms with Gasteiger partial charge >= 0.3 is 0 Å². The molecule has 0 fully saturated rings. The normalized spacial score (nSPS) is 11.4. The van der Waals surface area contributed by atoms with Gasteiger partial charge in [-0.05, 0) is 161 Å². The molecule has 26 aromatic rings. The monoisotopic (exact) mass is 1890 g/mol. The molecule has 0 N–H and O–H groups in total. The van der Waals surface area contributed by atoms with E-state index < -0.39 is 0 Å². The van der Waals surface area contributed by atoms with Crippen LogP contribution in [0.25, 0.3) is 263 Å². The Kier molecular flexibility index (Phi) is 24.5. The second-order valence-electron chi connectivity index (χ2n) is 35.4. The van der Waals surface area contributed by atoms with Crippen LogP contribution in [0.1, 0.15) is 5.82 Å². The Morgan fingerprint density at radius 1 is 0.177 bits per heavy atom. The summed E-state index contributed by atoms with van der Waals surface area (Å²) in [6.45, 7) is 7.81. The molecule has 0 spiro atoms. The van der Waals surface area contributed by atoms with E-state index >= 15 is 0 Å². The molecular formula is C132H86N12O3. The van der Waals surface area contributed by atoms with Crippen LogP contribution in [0.3, 0.4) is 0 Å². The summed E-state index contributed by atoms with van der Waals surface area (Å²) in [4.78, 5) is 59.5. The van der Waals surface area contributed by atoms with Gasteiger partial charge in [0.1, 0.15) is 16.6 Å². The molecule has 26 rings (SSSR count). The van der Waals surface area contributed by atoms with Crippen molar-refractivity contribution in [3.8, 4) is 192 Å². The minimum absolute atomic E-state index is 0.535. The Morgan fingerprint density at radius 3 is 0.803 bits per heavy atom. The first-order valence-electron chi connectivity index (χ1n) is 48.5. The highest BCUT2D eigenvalue weighted by Crippen LogP contribution is 2.46. The number of oxazole rings is 3. The van der Waals surface area contributed by atoms with E-state index in [4.69, 9.17) is 73.1 Å². The van der Waals surface area contributed by atoms with Crippen molar-refractivity contribution in [2.24, 2.45) is 0 Å². The number of aromatic nitrogens is 12. The van der Waals surface area contributed by atoms with Gasteiger partial charge in [0.25, 0.3) is 0 Å². The van der Waals surface area contributed by atoms with Crippen molar-refractivity contribution < 1.29 is 13.3 Å². The quantitative estimate of drug-likeness (QED) is 0.0653. The van der Waals surface area contributed by atoms with E-state index in [1.807, 2.05) is 273 Å². The third-order valence-electron chi connectivity index (χ3n) is 26.0. The molecule has 0 aliphatic rings. The highest BCUT2D eigenvalue weighted by molar-refractivity contribution is 6.09. The topological polar surface area (TPSA) is 194 Å². The minimum atomic E-state index is 0.535. The maximum absolute atomic E-state index is 6.54. The van der Waals surface area contributed by atoms with Crippen LogP contribution in [0.15, 0.2) is 524 Å². The van der Waals surface area contributed by atoms with E-state index in [0.29, 0.717) is 75.7 Å². The summed E-state index contributed by atoms with van der Waals surface area (Å²) in [5.41, 5.74) is 27.8. The van der Waals surface area contributed by atoms with Gasteiger partial charge in [0.05, 0.1) is 0 Å². The summed E-state index contributed by atoms with van der Waals surface area (Å²) < 4.78 is 19.5. The highest BCUT2D eigenvalue weighted by atomic mass is 16.4. The van der Waals surface area contributed by atoms with Gasteiger partial charge in [-0.25, -0.2) is 59.8 Å².